The lowest BCUT2D eigenvalue weighted by atomic mass is 9.90. The zero-order chi connectivity index (χ0) is 22.8. The van der Waals surface area contributed by atoms with E-state index in [2.05, 4.69) is 15.0 Å². The maximum atomic E-state index is 12.8. The van der Waals surface area contributed by atoms with Gasteiger partial charge in [0.05, 0.1) is 19.4 Å². The largest absolute Gasteiger partial charge is 0.489 e. The Morgan fingerprint density at radius 2 is 1.88 bits per heavy atom. The highest BCUT2D eigenvalue weighted by Crippen LogP contribution is 2.27. The predicted octanol–water partition coefficient (Wildman–Crippen LogP) is 4.85. The molecule has 1 aliphatic rings. The Labute approximate surface area is 190 Å². The molecule has 1 amide bonds. The number of pyridine rings is 1. The number of aromatic nitrogens is 2. The van der Waals surface area contributed by atoms with Gasteiger partial charge in [-0.05, 0) is 50.7 Å². The summed E-state index contributed by atoms with van der Waals surface area (Å²) in [6.45, 7) is 3.21. The summed E-state index contributed by atoms with van der Waals surface area (Å²) in [5, 5.41) is 3.02. The highest BCUT2D eigenvalue weighted by molar-refractivity contribution is 5.94. The number of carbonyl (C=O) groups is 2. The van der Waals surface area contributed by atoms with Gasteiger partial charge in [0, 0.05) is 19.2 Å². The summed E-state index contributed by atoms with van der Waals surface area (Å²) in [5.41, 5.74) is 1.98. The van der Waals surface area contributed by atoms with Crippen LogP contribution in [-0.2, 0) is 9.53 Å². The molecule has 7 nitrogen and oxygen atoms in total. The fraction of sp³-hybridized carbons (Fsp3) is 0.640. The lowest BCUT2D eigenvalue weighted by Gasteiger charge is -2.21. The molecule has 32 heavy (non-hydrogen) atoms. The smallest absolute Gasteiger partial charge is 0.305 e. The highest BCUT2D eigenvalue weighted by atomic mass is 16.5. The van der Waals surface area contributed by atoms with E-state index in [0.29, 0.717) is 42.5 Å². The summed E-state index contributed by atoms with van der Waals surface area (Å²) in [6, 6.07) is 3.85. The van der Waals surface area contributed by atoms with Crippen LogP contribution in [0.5, 0.6) is 5.75 Å². The average molecular weight is 444 g/mol. The number of carbonyl (C=O) groups excluding carboxylic acids is 2. The molecule has 2 heterocycles. The first kappa shape index (κ1) is 24.1. The van der Waals surface area contributed by atoms with Crippen LogP contribution in [0.3, 0.4) is 0 Å². The van der Waals surface area contributed by atoms with E-state index in [1.165, 1.54) is 39.2 Å². The molecule has 0 aliphatic heterocycles. The van der Waals surface area contributed by atoms with Crippen LogP contribution in [0.25, 0.3) is 5.65 Å². The molecule has 0 aromatic carbocycles. The SMILES string of the molecule is COC(=O)CCCCCCCNC(=O)c1c(C)nc2c(OCC3CCCCC3)cccn12. The second kappa shape index (κ2) is 12.5. The summed E-state index contributed by atoms with van der Waals surface area (Å²) in [5.74, 6) is 1.10. The third-order valence-corrected chi connectivity index (χ3v) is 6.27. The molecule has 3 rings (SSSR count). The molecular formula is C25H37N3O4. The van der Waals surface area contributed by atoms with Gasteiger partial charge in [0.15, 0.2) is 11.4 Å². The molecule has 1 aliphatic carbocycles. The van der Waals surface area contributed by atoms with E-state index in [0.717, 1.165) is 37.9 Å². The fourth-order valence-corrected chi connectivity index (χ4v) is 4.42. The molecule has 2 aromatic heterocycles. The number of hydrogen-bond acceptors (Lipinski definition) is 5. The Balaban J connectivity index is 1.48. The van der Waals surface area contributed by atoms with Crippen LogP contribution in [0.2, 0.25) is 0 Å². The summed E-state index contributed by atoms with van der Waals surface area (Å²) < 4.78 is 12.6. The van der Waals surface area contributed by atoms with Crippen LogP contribution in [0.1, 0.15) is 86.8 Å². The van der Waals surface area contributed by atoms with Gasteiger partial charge in [-0.1, -0.05) is 38.5 Å². The summed E-state index contributed by atoms with van der Waals surface area (Å²) >= 11 is 0. The van der Waals surface area contributed by atoms with Crippen molar-refractivity contribution in [2.75, 3.05) is 20.3 Å². The third-order valence-electron chi connectivity index (χ3n) is 6.27. The van der Waals surface area contributed by atoms with E-state index >= 15 is 0 Å². The monoisotopic (exact) mass is 443 g/mol. The molecule has 2 aromatic rings. The van der Waals surface area contributed by atoms with Gasteiger partial charge in [-0.3, -0.25) is 14.0 Å². The van der Waals surface area contributed by atoms with Crippen LogP contribution in [-0.4, -0.2) is 41.5 Å². The lowest BCUT2D eigenvalue weighted by molar-refractivity contribution is -0.140. The van der Waals surface area contributed by atoms with Gasteiger partial charge in [-0.25, -0.2) is 4.98 Å². The number of nitrogens with zero attached hydrogens (tertiary/aromatic N) is 2. The first-order valence-corrected chi connectivity index (χ1v) is 12.1. The van der Waals surface area contributed by atoms with E-state index in [4.69, 9.17) is 4.74 Å². The Kier molecular flexibility index (Phi) is 9.38. The van der Waals surface area contributed by atoms with Gasteiger partial charge in [0.25, 0.3) is 5.91 Å². The minimum atomic E-state index is -0.150. The topological polar surface area (TPSA) is 81.9 Å². The molecule has 0 unspecified atom stereocenters. The second-order valence-corrected chi connectivity index (χ2v) is 8.78. The van der Waals surface area contributed by atoms with E-state index in [9.17, 15) is 9.59 Å². The van der Waals surface area contributed by atoms with Crippen molar-refractivity contribution < 1.29 is 19.1 Å². The molecule has 1 fully saturated rings. The predicted molar refractivity (Wildman–Crippen MR) is 124 cm³/mol. The molecular weight excluding hydrogens is 406 g/mol. The van der Waals surface area contributed by atoms with Gasteiger partial charge in [0.2, 0.25) is 0 Å². The van der Waals surface area contributed by atoms with Crippen molar-refractivity contribution in [1.82, 2.24) is 14.7 Å². The van der Waals surface area contributed by atoms with Crippen molar-refractivity contribution in [3.8, 4) is 5.75 Å². The van der Waals surface area contributed by atoms with Crippen LogP contribution in [0.4, 0.5) is 0 Å². The second-order valence-electron chi connectivity index (χ2n) is 8.78. The highest BCUT2D eigenvalue weighted by Gasteiger charge is 2.20. The number of ether oxygens (including phenoxy) is 2. The first-order valence-electron chi connectivity index (χ1n) is 12.1. The van der Waals surface area contributed by atoms with Gasteiger partial charge < -0.3 is 14.8 Å². The van der Waals surface area contributed by atoms with Crippen molar-refractivity contribution in [3.63, 3.8) is 0 Å². The van der Waals surface area contributed by atoms with Crippen LogP contribution in [0, 0.1) is 12.8 Å². The number of hydrogen-bond donors (Lipinski definition) is 1. The van der Waals surface area contributed by atoms with Crippen LogP contribution >= 0.6 is 0 Å². The van der Waals surface area contributed by atoms with E-state index in [1.807, 2.05) is 29.7 Å². The van der Waals surface area contributed by atoms with Crippen molar-refractivity contribution in [3.05, 3.63) is 29.7 Å². The molecule has 0 atom stereocenters. The Morgan fingerprint density at radius 1 is 1.12 bits per heavy atom. The number of esters is 1. The quantitative estimate of drug-likeness (QED) is 0.375. The number of aryl methyl sites for hydroxylation is 1. The molecule has 1 saturated carbocycles. The maximum Gasteiger partial charge on any atom is 0.305 e. The third kappa shape index (κ3) is 6.71. The van der Waals surface area contributed by atoms with Crippen LogP contribution < -0.4 is 10.1 Å². The molecule has 0 radical (unpaired) electrons. The number of nitrogens with one attached hydrogen (secondary N) is 1. The first-order chi connectivity index (χ1) is 15.6. The molecule has 0 bridgehead atoms. The number of amides is 1. The Hall–Kier alpha value is -2.57. The van der Waals surface area contributed by atoms with E-state index in [1.54, 1.807) is 0 Å². The Morgan fingerprint density at radius 3 is 2.66 bits per heavy atom. The van der Waals surface area contributed by atoms with Crippen molar-refractivity contribution in [2.45, 2.75) is 77.6 Å². The number of imidazole rings is 1. The summed E-state index contributed by atoms with van der Waals surface area (Å²) in [4.78, 5) is 28.6. The molecule has 7 heteroatoms. The summed E-state index contributed by atoms with van der Waals surface area (Å²) in [7, 11) is 1.42. The van der Waals surface area contributed by atoms with Crippen molar-refractivity contribution in [2.24, 2.45) is 5.92 Å². The summed E-state index contributed by atoms with van der Waals surface area (Å²) in [6.07, 6.45) is 13.6. The van der Waals surface area contributed by atoms with Gasteiger partial charge in [0.1, 0.15) is 5.69 Å². The molecule has 176 valence electrons. The standard InChI is InChI=1S/C25H37N3O4/c1-19-23(25(30)26-16-10-5-3-4-9-15-22(29)31-2)28-17-11-14-21(24(28)27-19)32-18-20-12-7-6-8-13-20/h11,14,17,20H,3-10,12-13,15-16,18H2,1-2H3,(H,26,30). The van der Waals surface area contributed by atoms with Crippen molar-refractivity contribution >= 4 is 17.5 Å². The minimum Gasteiger partial charge on any atom is -0.489 e. The lowest BCUT2D eigenvalue weighted by Crippen LogP contribution is -2.26. The number of unbranched alkanes of at least 4 members (excludes halogenated alkanes) is 4. The molecule has 0 spiro atoms. The Bertz CT molecular complexity index is 887. The van der Waals surface area contributed by atoms with Gasteiger partial charge >= 0.3 is 5.97 Å². The zero-order valence-electron chi connectivity index (χ0n) is 19.5. The van der Waals surface area contributed by atoms with E-state index in [-0.39, 0.29) is 11.9 Å². The number of rotatable bonds is 12. The normalized spacial score (nSPS) is 14.4. The van der Waals surface area contributed by atoms with Gasteiger partial charge in [-0.15, -0.1) is 0 Å². The number of fused-ring (bicyclic) bond motifs is 1. The minimum absolute atomic E-state index is 0.106. The van der Waals surface area contributed by atoms with E-state index < -0.39 is 0 Å². The fourth-order valence-electron chi connectivity index (χ4n) is 4.42. The van der Waals surface area contributed by atoms with Gasteiger partial charge in [-0.2, -0.15) is 0 Å². The average Bonchev–Trinajstić information content (AvgIpc) is 3.16. The molecule has 1 N–H and O–H groups in total. The zero-order valence-corrected chi connectivity index (χ0v) is 19.5. The van der Waals surface area contributed by atoms with Crippen molar-refractivity contribution in [1.29, 1.82) is 0 Å². The molecule has 0 saturated heterocycles. The van der Waals surface area contributed by atoms with Crippen LogP contribution in [0.15, 0.2) is 18.3 Å². The maximum absolute atomic E-state index is 12.8. The number of methoxy groups -OCH3 is 1.